The van der Waals surface area contributed by atoms with Crippen LogP contribution in [-0.4, -0.2) is 15.9 Å². The van der Waals surface area contributed by atoms with Crippen molar-refractivity contribution in [2.24, 2.45) is 0 Å². The zero-order valence-corrected chi connectivity index (χ0v) is 16.8. The van der Waals surface area contributed by atoms with Crippen molar-refractivity contribution < 1.29 is 4.79 Å². The molecule has 0 unspecified atom stereocenters. The average Bonchev–Trinajstić information content (AvgIpc) is 3.14. The van der Waals surface area contributed by atoms with Crippen molar-refractivity contribution in [3.8, 4) is 0 Å². The van der Waals surface area contributed by atoms with E-state index in [1.807, 2.05) is 85.8 Å². The minimum absolute atomic E-state index is 0.177. The molecule has 1 heterocycles. The molecule has 0 saturated heterocycles. The van der Waals surface area contributed by atoms with Crippen LogP contribution in [0.4, 0.5) is 0 Å². The Labute approximate surface area is 171 Å². The number of para-hydroxylation sites is 2. The summed E-state index contributed by atoms with van der Waals surface area (Å²) in [6.45, 7) is 1.99. The van der Waals surface area contributed by atoms with E-state index in [9.17, 15) is 4.79 Å². The van der Waals surface area contributed by atoms with Gasteiger partial charge in [-0.05, 0) is 55.0 Å². The maximum atomic E-state index is 12.8. The van der Waals surface area contributed by atoms with E-state index >= 15 is 0 Å². The monoisotopic (exact) mass is 431 g/mol. The van der Waals surface area contributed by atoms with Crippen molar-refractivity contribution in [2.75, 3.05) is 0 Å². The first-order valence-corrected chi connectivity index (χ1v) is 9.68. The summed E-state index contributed by atoms with van der Waals surface area (Å²) >= 11 is 3.45. The zero-order chi connectivity index (χ0) is 19.5. The van der Waals surface area contributed by atoms with Gasteiger partial charge in [0, 0.05) is 10.0 Å². The van der Waals surface area contributed by atoms with E-state index in [-0.39, 0.29) is 5.91 Å². The molecule has 0 fully saturated rings. The molecule has 2 N–H and O–H groups in total. The third-order valence-corrected chi connectivity index (χ3v) is 4.92. The van der Waals surface area contributed by atoms with Crippen molar-refractivity contribution in [1.82, 2.24) is 15.3 Å². The Balaban J connectivity index is 1.73. The quantitative estimate of drug-likeness (QED) is 0.444. The fourth-order valence-corrected chi connectivity index (χ4v) is 3.13. The third kappa shape index (κ3) is 4.05. The smallest absolute Gasteiger partial charge is 0.255 e. The fraction of sp³-hybridized carbons (Fsp3) is 0.0435. The predicted molar refractivity (Wildman–Crippen MR) is 117 cm³/mol. The van der Waals surface area contributed by atoms with Crippen LogP contribution in [0.15, 0.2) is 77.3 Å². The van der Waals surface area contributed by atoms with Crippen LogP contribution >= 0.6 is 15.9 Å². The van der Waals surface area contributed by atoms with E-state index in [1.165, 1.54) is 0 Å². The van der Waals surface area contributed by atoms with Gasteiger partial charge in [-0.3, -0.25) is 4.79 Å². The summed E-state index contributed by atoms with van der Waals surface area (Å²) in [6.07, 6.45) is 1.91. The van der Waals surface area contributed by atoms with Crippen LogP contribution in [0, 0.1) is 6.92 Å². The van der Waals surface area contributed by atoms with Crippen molar-refractivity contribution in [3.05, 3.63) is 99.8 Å². The second-order valence-corrected chi connectivity index (χ2v) is 7.45. The molecule has 0 saturated carbocycles. The number of benzene rings is 3. The summed E-state index contributed by atoms with van der Waals surface area (Å²) in [5.74, 6) is 0.438. The number of hydrogen-bond donors (Lipinski definition) is 2. The first-order valence-electron chi connectivity index (χ1n) is 8.89. The SMILES string of the molecule is Cc1ccc(C(=O)N/C(=C/c2ccc(Br)cc2)c2nc3ccccc3[nH]2)cc1. The van der Waals surface area contributed by atoms with E-state index in [0.717, 1.165) is 26.6 Å². The molecule has 4 aromatic rings. The van der Waals surface area contributed by atoms with Crippen molar-refractivity contribution in [2.45, 2.75) is 6.92 Å². The molecule has 0 aliphatic rings. The molecular formula is C23H18BrN3O. The van der Waals surface area contributed by atoms with Gasteiger partial charge in [-0.15, -0.1) is 0 Å². The van der Waals surface area contributed by atoms with Crippen molar-refractivity contribution in [1.29, 1.82) is 0 Å². The zero-order valence-electron chi connectivity index (χ0n) is 15.2. The number of aromatic amines is 1. The molecule has 1 amide bonds. The standard InChI is InChI=1S/C23H18BrN3O/c1-15-6-10-17(11-7-15)23(28)27-21(14-16-8-12-18(24)13-9-16)22-25-19-4-2-3-5-20(19)26-22/h2-14H,1H3,(H,25,26)(H,27,28)/b21-14+. The predicted octanol–water partition coefficient (Wildman–Crippen LogP) is 5.56. The number of amides is 1. The highest BCUT2D eigenvalue weighted by molar-refractivity contribution is 9.10. The number of rotatable bonds is 4. The third-order valence-electron chi connectivity index (χ3n) is 4.39. The first-order chi connectivity index (χ1) is 13.6. The summed E-state index contributed by atoms with van der Waals surface area (Å²) in [6, 6.07) is 23.2. The van der Waals surface area contributed by atoms with E-state index < -0.39 is 0 Å². The Morgan fingerprint density at radius 2 is 1.71 bits per heavy atom. The molecule has 0 spiro atoms. The lowest BCUT2D eigenvalue weighted by atomic mass is 10.1. The van der Waals surface area contributed by atoms with Crippen molar-refractivity contribution in [3.63, 3.8) is 0 Å². The van der Waals surface area contributed by atoms with Crippen molar-refractivity contribution >= 4 is 44.6 Å². The lowest BCUT2D eigenvalue weighted by Crippen LogP contribution is -2.22. The fourth-order valence-electron chi connectivity index (χ4n) is 2.87. The highest BCUT2D eigenvalue weighted by Gasteiger charge is 2.13. The number of carbonyl (C=O) groups is 1. The molecular weight excluding hydrogens is 414 g/mol. The Morgan fingerprint density at radius 1 is 1.00 bits per heavy atom. The van der Waals surface area contributed by atoms with Gasteiger partial charge in [-0.2, -0.15) is 0 Å². The van der Waals surface area contributed by atoms with E-state index in [4.69, 9.17) is 0 Å². The number of aromatic nitrogens is 2. The number of aryl methyl sites for hydroxylation is 1. The molecule has 138 valence electrons. The number of halogens is 1. The molecule has 5 heteroatoms. The Hall–Kier alpha value is -3.18. The molecule has 0 aliphatic heterocycles. The molecule has 0 bridgehead atoms. The summed E-state index contributed by atoms with van der Waals surface area (Å²) in [5, 5.41) is 3.01. The number of nitrogens with zero attached hydrogens (tertiary/aromatic N) is 1. The van der Waals surface area contributed by atoms with E-state index in [1.54, 1.807) is 0 Å². The first kappa shape index (κ1) is 18.2. The van der Waals surface area contributed by atoms with Gasteiger partial charge in [0.1, 0.15) is 0 Å². The van der Waals surface area contributed by atoms with Crippen LogP contribution in [0.3, 0.4) is 0 Å². The largest absolute Gasteiger partial charge is 0.337 e. The van der Waals surface area contributed by atoms with E-state index in [2.05, 4.69) is 31.2 Å². The molecule has 28 heavy (non-hydrogen) atoms. The summed E-state index contributed by atoms with van der Waals surface area (Å²) < 4.78 is 0.999. The maximum absolute atomic E-state index is 12.8. The lowest BCUT2D eigenvalue weighted by Gasteiger charge is -2.09. The molecule has 4 nitrogen and oxygen atoms in total. The van der Waals surface area contributed by atoms with Gasteiger partial charge in [0.05, 0.1) is 16.7 Å². The average molecular weight is 432 g/mol. The minimum Gasteiger partial charge on any atom is -0.337 e. The number of H-pyrrole nitrogens is 1. The summed E-state index contributed by atoms with van der Waals surface area (Å²) in [5.41, 5.74) is 5.06. The molecule has 0 radical (unpaired) electrons. The second-order valence-electron chi connectivity index (χ2n) is 6.53. The topological polar surface area (TPSA) is 57.8 Å². The number of imidazole rings is 1. The van der Waals surface area contributed by atoms with Gasteiger partial charge in [-0.1, -0.05) is 57.9 Å². The summed E-state index contributed by atoms with van der Waals surface area (Å²) in [7, 11) is 0. The molecule has 0 aliphatic carbocycles. The Kier molecular flexibility index (Phi) is 5.08. The Bertz CT molecular complexity index is 1130. The minimum atomic E-state index is -0.177. The molecule has 4 rings (SSSR count). The Morgan fingerprint density at radius 3 is 2.43 bits per heavy atom. The number of fused-ring (bicyclic) bond motifs is 1. The molecule has 1 aromatic heterocycles. The second kappa shape index (κ2) is 7.82. The lowest BCUT2D eigenvalue weighted by molar-refractivity contribution is 0.0973. The van der Waals surface area contributed by atoms with Gasteiger partial charge in [0.15, 0.2) is 5.82 Å². The van der Waals surface area contributed by atoms with Gasteiger partial charge in [0.2, 0.25) is 0 Å². The van der Waals surface area contributed by atoms with Crippen LogP contribution in [0.5, 0.6) is 0 Å². The van der Waals surface area contributed by atoms with Crippen LogP contribution in [0.1, 0.15) is 27.3 Å². The van der Waals surface area contributed by atoms with Crippen LogP contribution < -0.4 is 5.32 Å². The number of nitrogens with one attached hydrogen (secondary N) is 2. The molecule has 3 aromatic carbocycles. The van der Waals surface area contributed by atoms with Gasteiger partial charge < -0.3 is 10.3 Å². The normalized spacial score (nSPS) is 11.6. The van der Waals surface area contributed by atoms with Crippen LogP contribution in [-0.2, 0) is 0 Å². The van der Waals surface area contributed by atoms with Crippen LogP contribution in [0.2, 0.25) is 0 Å². The number of hydrogen-bond acceptors (Lipinski definition) is 2. The van der Waals surface area contributed by atoms with Gasteiger partial charge in [0.25, 0.3) is 5.91 Å². The van der Waals surface area contributed by atoms with Crippen LogP contribution in [0.25, 0.3) is 22.8 Å². The molecule has 0 atom stereocenters. The number of carbonyl (C=O) groups excluding carboxylic acids is 1. The highest BCUT2D eigenvalue weighted by atomic mass is 79.9. The maximum Gasteiger partial charge on any atom is 0.255 e. The van der Waals surface area contributed by atoms with E-state index in [0.29, 0.717) is 17.1 Å². The highest BCUT2D eigenvalue weighted by Crippen LogP contribution is 2.20. The van der Waals surface area contributed by atoms with Gasteiger partial charge in [-0.25, -0.2) is 4.98 Å². The summed E-state index contributed by atoms with van der Waals surface area (Å²) in [4.78, 5) is 20.7. The van der Waals surface area contributed by atoms with Gasteiger partial charge >= 0.3 is 0 Å².